The molecule has 19 atom stereocenters. The molecule has 0 aromatic heterocycles. The minimum absolute atomic E-state index is 0.0164. The van der Waals surface area contributed by atoms with Gasteiger partial charge in [-0.05, 0) is 82.3 Å². The van der Waals surface area contributed by atoms with Crippen LogP contribution in [0.25, 0.3) is 0 Å². The Kier molecular flexibility index (Phi) is 35.3. The van der Waals surface area contributed by atoms with Crippen LogP contribution in [0.2, 0.25) is 0 Å². The lowest BCUT2D eigenvalue weighted by Crippen LogP contribution is -2.71. The molecular formula is C76H110N14O20S2. The molecular weight excluding hydrogens is 1490 g/mol. The van der Waals surface area contributed by atoms with Gasteiger partial charge in [0.15, 0.2) is 6.04 Å². The molecule has 0 saturated carbocycles. The Bertz CT molecular complexity index is 3730. The number of fused-ring (bicyclic) bond motifs is 8. The molecule has 0 radical (unpaired) electrons. The zero-order valence-corrected chi connectivity index (χ0v) is 67.1. The summed E-state index contributed by atoms with van der Waals surface area (Å²) >= 11 is 0. The van der Waals surface area contributed by atoms with Crippen LogP contribution >= 0.6 is 21.6 Å². The Morgan fingerprint density at radius 2 is 1.19 bits per heavy atom. The summed E-state index contributed by atoms with van der Waals surface area (Å²) in [5.74, 6) is -18.5. The molecule has 4 unspecified atom stereocenters. The number of cyclic esters (lactones) is 1. The van der Waals surface area contributed by atoms with E-state index in [9.17, 15) is 53.4 Å². The Morgan fingerprint density at radius 3 is 1.79 bits per heavy atom. The molecule has 616 valence electrons. The predicted octanol–water partition coefficient (Wildman–Crippen LogP) is -0.462. The average molecular weight is 1600 g/mol. The third-order valence-corrected chi connectivity index (χ3v) is 23.2. The monoisotopic (exact) mass is 1600 g/mol. The number of aliphatic hydroxyl groups excluding tert-OH is 1. The maximum atomic E-state index is 15.5. The van der Waals surface area contributed by atoms with Crippen LogP contribution in [-0.2, 0) is 99.0 Å². The third kappa shape index (κ3) is 25.2. The molecule has 36 heteroatoms. The highest BCUT2D eigenvalue weighted by Gasteiger charge is 2.50. The lowest BCUT2D eigenvalue weighted by atomic mass is 9.91. The predicted molar refractivity (Wildman–Crippen MR) is 412 cm³/mol. The number of methoxy groups -OCH3 is 1. The van der Waals surface area contributed by atoms with Gasteiger partial charge >= 0.3 is 11.9 Å². The van der Waals surface area contributed by atoms with Gasteiger partial charge in [-0.25, -0.2) is 4.79 Å². The molecule has 4 heterocycles. The van der Waals surface area contributed by atoms with Gasteiger partial charge < -0.3 is 92.9 Å². The average Bonchev–Trinajstić information content (AvgIpc) is 0.865. The van der Waals surface area contributed by atoms with E-state index in [0.29, 0.717) is 24.0 Å². The molecule has 0 spiro atoms. The normalized spacial score (nSPS) is 28.5. The molecule has 4 aliphatic heterocycles. The van der Waals surface area contributed by atoms with Gasteiger partial charge in [-0.15, -0.1) is 0 Å². The number of carbonyl (C=O) groups excluding carboxylic acids is 15. The van der Waals surface area contributed by atoms with Gasteiger partial charge in [0.05, 0.1) is 30.9 Å². The largest absolute Gasteiger partial charge is 0.481 e. The Balaban J connectivity index is 1.60. The molecule has 13 N–H and O–H groups in total. The van der Waals surface area contributed by atoms with Gasteiger partial charge in [0.25, 0.3) is 5.91 Å². The third-order valence-electron chi connectivity index (χ3n) is 20.8. The zero-order chi connectivity index (χ0) is 83.0. The fraction of sp³-hybridized carbons (Fsp3) is 0.605. The number of hydrogen-bond donors (Lipinski definition) is 13. The number of aliphatic hydroxyl groups is 1. The maximum absolute atomic E-state index is 15.5. The number of nitrogens with zero attached hydrogens (tertiary/aromatic N) is 3. The van der Waals surface area contributed by atoms with Crippen LogP contribution in [-0.4, -0.2) is 255 Å². The number of nitrogens with one attached hydrogen (secondary N) is 11. The van der Waals surface area contributed by atoms with Crippen molar-refractivity contribution in [2.24, 2.45) is 17.8 Å². The van der Waals surface area contributed by atoms with E-state index >= 15 is 33.6 Å². The van der Waals surface area contributed by atoms with Crippen molar-refractivity contribution in [2.75, 3.05) is 38.8 Å². The summed E-state index contributed by atoms with van der Waals surface area (Å²) < 4.78 is 11.5. The van der Waals surface area contributed by atoms with Gasteiger partial charge in [0, 0.05) is 51.5 Å². The van der Waals surface area contributed by atoms with Gasteiger partial charge in [-0.3, -0.25) is 71.9 Å². The number of ether oxygens (including phenoxy) is 2. The summed E-state index contributed by atoms with van der Waals surface area (Å²) in [6, 6.07) is -5.62. The van der Waals surface area contributed by atoms with Crippen molar-refractivity contribution in [3.05, 3.63) is 84.1 Å². The molecule has 112 heavy (non-hydrogen) atoms. The first-order valence-electron chi connectivity index (χ1n) is 37.9. The molecule has 34 nitrogen and oxygen atoms in total. The highest BCUT2D eigenvalue weighted by atomic mass is 33.1. The second-order valence-corrected chi connectivity index (χ2v) is 31.7. The van der Waals surface area contributed by atoms with Crippen molar-refractivity contribution >= 4 is 116 Å². The smallest absolute Gasteiger partial charge is 0.331 e. The van der Waals surface area contributed by atoms with Gasteiger partial charge in [0.1, 0.15) is 78.6 Å². The van der Waals surface area contributed by atoms with E-state index in [1.54, 1.807) is 88.4 Å². The summed E-state index contributed by atoms with van der Waals surface area (Å²) in [6.45, 7) is 18.5. The Morgan fingerprint density at radius 1 is 0.616 bits per heavy atom. The lowest BCUT2D eigenvalue weighted by molar-refractivity contribution is -0.159. The van der Waals surface area contributed by atoms with Crippen molar-refractivity contribution in [1.29, 1.82) is 0 Å². The van der Waals surface area contributed by atoms with E-state index in [1.165, 1.54) is 46.8 Å². The van der Waals surface area contributed by atoms with Crippen molar-refractivity contribution in [2.45, 2.75) is 237 Å². The fourth-order valence-corrected chi connectivity index (χ4v) is 15.6. The molecule has 4 fully saturated rings. The summed E-state index contributed by atoms with van der Waals surface area (Å²) in [6.07, 6.45) is -3.51. The number of esters is 1. The van der Waals surface area contributed by atoms with Crippen LogP contribution in [0.5, 0.6) is 0 Å². The summed E-state index contributed by atoms with van der Waals surface area (Å²) in [4.78, 5) is 238. The van der Waals surface area contributed by atoms with E-state index in [4.69, 9.17) is 9.47 Å². The van der Waals surface area contributed by atoms with Gasteiger partial charge in [-0.2, -0.15) is 0 Å². The molecule has 4 saturated heterocycles. The van der Waals surface area contributed by atoms with Crippen LogP contribution in [0.1, 0.15) is 138 Å². The first-order valence-corrected chi connectivity index (χ1v) is 40.4. The molecule has 2 aromatic carbocycles. The van der Waals surface area contributed by atoms with Crippen LogP contribution < -0.4 is 58.5 Å². The van der Waals surface area contributed by atoms with E-state index in [0.717, 1.165) is 31.4 Å². The quantitative estimate of drug-likeness (QED) is 0.0481. The minimum atomic E-state index is -2.05. The number of likely N-dealkylation sites (N-methyl/N-ethyl adjacent to an activating group) is 1. The second kappa shape index (κ2) is 43.4. The number of benzene rings is 2. The highest BCUT2D eigenvalue weighted by molar-refractivity contribution is 8.76. The van der Waals surface area contributed by atoms with Crippen molar-refractivity contribution in [3.8, 4) is 0 Å². The molecule has 4 bridgehead atoms. The zero-order valence-electron chi connectivity index (χ0n) is 65.5. The first kappa shape index (κ1) is 91.2. The molecule has 0 aliphatic carbocycles. The lowest BCUT2D eigenvalue weighted by Gasteiger charge is -2.46. The van der Waals surface area contributed by atoms with E-state index in [2.05, 4.69) is 65.1 Å². The minimum Gasteiger partial charge on any atom is -0.481 e. The summed E-state index contributed by atoms with van der Waals surface area (Å²) in [5.41, 5.74) is 0.396. The van der Waals surface area contributed by atoms with Crippen molar-refractivity contribution in [1.82, 2.24) is 73.2 Å². The first-order chi connectivity index (χ1) is 53.1. The van der Waals surface area contributed by atoms with E-state index in [1.807, 2.05) is 13.8 Å². The maximum Gasteiger partial charge on any atom is 0.331 e. The topological polar surface area (TPSA) is 474 Å². The SMILES string of the molecule is C=C1NC(=O)C([C@@H](C)CC)NC(=O)[C@@H]2CSSC[C@@H](NC(=O)CCC(=O)O)C(=O)N[C@@H](Cc3ccccc3)C(=O)N[C@@H](C)C(=O)NC(C[C@H](C)CC)C(=O)N[C@@H](C(=O)N[C@@H](Cc3ccccc3)C(=O)N3CCC[C@H]3C(=O)N2)[C@@H](C)OC(=O)[C@H](CO)NC(=O)[C@H]([C@@H](C)OC)N(C)C(=O)C2NC(=O)[C@H](C[C@@H](C)CC)N(C1=O)C2C. The summed E-state index contributed by atoms with van der Waals surface area (Å²) in [5, 5.41) is 49.4. The second-order valence-electron chi connectivity index (χ2n) is 29.1. The van der Waals surface area contributed by atoms with Crippen LogP contribution in [0.4, 0.5) is 0 Å². The molecule has 4 aliphatic rings. The standard InChI is InChI=1S/C76H110N14O20S2/c1-14-39(4)32-49-65(97)87-61-45(10)110-76(108)52(36-91)83-72(104)62(46(11)109-13)88(12)75(107)60-44(9)90(56(69(101)86-60)33-40(5)15-2)73(105)43(8)78-70(102)59(41(6)16-3)85-67(99)54(84-68(100)55-28-23-31-89(55)74(106)51(82-71(61)103)35-48-26-21-18-22-27-48)38-112-111-37-53(79-57(92)29-30-58(93)94)66(98)81-50(34-47-24-19-17-20-25-47)64(96)77-42(7)63(95)80-49/h17-22,24-27,39-42,44-46,49-56,59-62,91H,8,14-16,23,28-38H2,1-7,9-13H3,(H,77,96)(H,78,102)(H,79,92)(H,80,95)(H,81,98)(H,82,103)(H,83,104)(H,84,100)(H,85,99)(H,86,101)(H,87,97)(H,93,94)/t39-,40+,41+,42+,44?,45-,46-,49?,50+,51+,52+,53-,54+,55+,56+,59?,60?,61-,62+/m1/s1. The van der Waals surface area contributed by atoms with E-state index < -0.39 is 228 Å². The number of amides is 14. The van der Waals surface area contributed by atoms with Gasteiger partial charge in [0.2, 0.25) is 76.8 Å². The summed E-state index contributed by atoms with van der Waals surface area (Å²) in [7, 11) is 4.18. The van der Waals surface area contributed by atoms with Crippen molar-refractivity contribution in [3.63, 3.8) is 0 Å². The fourth-order valence-electron chi connectivity index (χ4n) is 13.3. The molecule has 2 aromatic rings. The number of carboxylic acid groups (broad SMARTS) is 1. The molecule has 14 amide bonds. The number of hydrogen-bond acceptors (Lipinski definition) is 21. The number of piperazine rings is 1. The van der Waals surface area contributed by atoms with Crippen LogP contribution in [0.3, 0.4) is 0 Å². The number of rotatable bonds is 19. The Labute approximate surface area is 660 Å². The number of aliphatic carboxylic acids is 1. The number of carbonyl (C=O) groups is 16. The number of carboxylic acids is 1. The molecule has 6 rings (SSSR count). The van der Waals surface area contributed by atoms with Crippen LogP contribution in [0, 0.1) is 17.8 Å². The highest BCUT2D eigenvalue weighted by Crippen LogP contribution is 2.29. The van der Waals surface area contributed by atoms with E-state index in [-0.39, 0.29) is 69.1 Å². The van der Waals surface area contributed by atoms with Crippen molar-refractivity contribution < 1.29 is 96.4 Å². The van der Waals surface area contributed by atoms with Crippen LogP contribution in [0.15, 0.2) is 72.9 Å². The van der Waals surface area contributed by atoms with Gasteiger partial charge in [-0.1, -0.05) is 150 Å². The Hall–Kier alpha value is -9.68.